The van der Waals surface area contributed by atoms with E-state index in [0.29, 0.717) is 17.9 Å². The van der Waals surface area contributed by atoms with Gasteiger partial charge in [-0.3, -0.25) is 14.9 Å². The van der Waals surface area contributed by atoms with Gasteiger partial charge in [-0.25, -0.2) is 5.43 Å². The van der Waals surface area contributed by atoms with Gasteiger partial charge in [0.1, 0.15) is 0 Å². The minimum atomic E-state index is -0.561. The maximum absolute atomic E-state index is 12.1. The first-order chi connectivity index (χ1) is 13.0. The largest absolute Gasteiger partial charge is 0.490 e. The summed E-state index contributed by atoms with van der Waals surface area (Å²) in [4.78, 5) is 22.9. The van der Waals surface area contributed by atoms with Gasteiger partial charge in [0, 0.05) is 17.3 Å². The zero-order valence-electron chi connectivity index (χ0n) is 15.0. The number of benzene rings is 2. The van der Waals surface area contributed by atoms with Crippen molar-refractivity contribution in [3.05, 3.63) is 57.6 Å². The Morgan fingerprint density at radius 1 is 1.26 bits per heavy atom. The van der Waals surface area contributed by atoms with E-state index in [2.05, 4.69) is 10.5 Å². The van der Waals surface area contributed by atoms with Gasteiger partial charge in [0.2, 0.25) is 5.75 Å². The van der Waals surface area contributed by atoms with E-state index in [0.717, 1.165) is 0 Å². The van der Waals surface area contributed by atoms with E-state index in [-0.39, 0.29) is 29.4 Å². The van der Waals surface area contributed by atoms with Crippen molar-refractivity contribution in [2.75, 3.05) is 18.9 Å². The zero-order valence-corrected chi connectivity index (χ0v) is 15.0. The third-order valence-corrected chi connectivity index (χ3v) is 3.43. The number of ether oxygens (including phenoxy) is 2. The van der Waals surface area contributed by atoms with Crippen molar-refractivity contribution in [2.24, 2.45) is 5.10 Å². The monoisotopic (exact) mass is 372 g/mol. The van der Waals surface area contributed by atoms with Crippen LogP contribution in [0.3, 0.4) is 0 Å². The molecule has 0 unspecified atom stereocenters. The number of nitrogens with two attached hydrogens (primary N) is 1. The maximum atomic E-state index is 12.1. The Labute approximate surface area is 155 Å². The average molecular weight is 372 g/mol. The molecule has 9 heteroatoms. The second-order valence-corrected chi connectivity index (χ2v) is 5.28. The number of carbonyl (C=O) groups excluding carboxylic acids is 1. The first-order valence-corrected chi connectivity index (χ1v) is 8.23. The number of rotatable bonds is 8. The number of nitrogen functional groups attached to an aromatic ring is 1. The summed E-state index contributed by atoms with van der Waals surface area (Å²) >= 11 is 0. The van der Waals surface area contributed by atoms with Crippen LogP contribution in [0.15, 0.2) is 41.5 Å². The molecule has 0 heterocycles. The van der Waals surface area contributed by atoms with Crippen LogP contribution >= 0.6 is 0 Å². The molecule has 0 spiro atoms. The second kappa shape index (κ2) is 9.18. The number of nitrogens with one attached hydrogen (secondary N) is 1. The number of anilines is 1. The Morgan fingerprint density at radius 2 is 1.96 bits per heavy atom. The fraction of sp³-hybridized carbons (Fsp3) is 0.222. The third-order valence-electron chi connectivity index (χ3n) is 3.43. The molecule has 0 aliphatic heterocycles. The summed E-state index contributed by atoms with van der Waals surface area (Å²) in [5.41, 5.74) is 8.80. The lowest BCUT2D eigenvalue weighted by atomic mass is 10.1. The number of hydrogen-bond donors (Lipinski definition) is 2. The number of carbonyl (C=O) groups is 1. The summed E-state index contributed by atoms with van der Waals surface area (Å²) in [6.45, 7) is 4.04. The Morgan fingerprint density at radius 3 is 2.59 bits per heavy atom. The van der Waals surface area contributed by atoms with Crippen molar-refractivity contribution in [1.82, 2.24) is 5.43 Å². The molecule has 9 nitrogen and oxygen atoms in total. The third kappa shape index (κ3) is 4.94. The van der Waals surface area contributed by atoms with Gasteiger partial charge in [0.15, 0.2) is 5.75 Å². The Hall–Kier alpha value is -3.62. The summed E-state index contributed by atoms with van der Waals surface area (Å²) in [7, 11) is 0. The van der Waals surface area contributed by atoms with E-state index < -0.39 is 10.8 Å². The highest BCUT2D eigenvalue weighted by molar-refractivity contribution is 5.99. The number of hydrogen-bond acceptors (Lipinski definition) is 7. The number of nitrogens with zero attached hydrogens (tertiary/aromatic N) is 2. The molecule has 3 N–H and O–H groups in total. The van der Waals surface area contributed by atoms with Crippen LogP contribution in [0.1, 0.15) is 29.8 Å². The van der Waals surface area contributed by atoms with Crippen LogP contribution in [0.4, 0.5) is 11.4 Å². The van der Waals surface area contributed by atoms with Gasteiger partial charge in [-0.15, -0.1) is 0 Å². The molecule has 0 fully saturated rings. The smallest absolute Gasteiger partial charge is 0.315 e. The van der Waals surface area contributed by atoms with Crippen molar-refractivity contribution in [1.29, 1.82) is 0 Å². The molecule has 0 saturated carbocycles. The number of para-hydroxylation sites is 1. The van der Waals surface area contributed by atoms with Crippen LogP contribution in [-0.2, 0) is 0 Å². The minimum Gasteiger partial charge on any atom is -0.490 e. The molecule has 2 rings (SSSR count). The van der Waals surface area contributed by atoms with E-state index >= 15 is 0 Å². The van der Waals surface area contributed by atoms with Gasteiger partial charge in [0.05, 0.1) is 29.9 Å². The molecule has 2 aromatic rings. The molecule has 142 valence electrons. The average Bonchev–Trinajstić information content (AvgIpc) is 2.64. The predicted molar refractivity (Wildman–Crippen MR) is 101 cm³/mol. The van der Waals surface area contributed by atoms with Crippen LogP contribution in [0.25, 0.3) is 0 Å². The van der Waals surface area contributed by atoms with Crippen LogP contribution in [0.2, 0.25) is 0 Å². The van der Waals surface area contributed by atoms with Crippen molar-refractivity contribution < 1.29 is 19.2 Å². The molecule has 2 aromatic carbocycles. The highest BCUT2D eigenvalue weighted by Gasteiger charge is 2.22. The molecule has 0 radical (unpaired) electrons. The maximum Gasteiger partial charge on any atom is 0.315 e. The van der Waals surface area contributed by atoms with Crippen molar-refractivity contribution in [2.45, 2.75) is 13.8 Å². The van der Waals surface area contributed by atoms with Gasteiger partial charge >= 0.3 is 5.69 Å². The minimum absolute atomic E-state index is 0.0580. The van der Waals surface area contributed by atoms with Crippen molar-refractivity contribution >= 4 is 23.5 Å². The Balaban J connectivity index is 2.27. The summed E-state index contributed by atoms with van der Waals surface area (Å²) in [5.74, 6) is -0.203. The number of nitro groups is 1. The standard InChI is InChI=1S/C18H20N4O5/c1-3-26-16-10-12(9-15(22(24)25)17(16)27-4-2)11-20-21-18(23)13-7-5-6-8-14(13)19/h5-11H,3-4,19H2,1-2H3,(H,21,23)/b20-11-. The molecule has 0 saturated heterocycles. The van der Waals surface area contributed by atoms with Crippen LogP contribution in [0, 0.1) is 10.1 Å². The number of nitro benzene ring substituents is 1. The first kappa shape index (κ1) is 19.7. The summed E-state index contributed by atoms with van der Waals surface area (Å²) in [6, 6.07) is 9.40. The number of amides is 1. The van der Waals surface area contributed by atoms with Crippen LogP contribution in [-0.4, -0.2) is 30.3 Å². The zero-order chi connectivity index (χ0) is 19.8. The van der Waals surface area contributed by atoms with E-state index in [4.69, 9.17) is 15.2 Å². The van der Waals surface area contributed by atoms with Crippen LogP contribution < -0.4 is 20.6 Å². The van der Waals surface area contributed by atoms with Crippen molar-refractivity contribution in [3.63, 3.8) is 0 Å². The summed E-state index contributed by atoms with van der Waals surface area (Å²) in [6.07, 6.45) is 1.28. The van der Waals surface area contributed by atoms with Gasteiger partial charge in [-0.05, 0) is 32.0 Å². The molecular weight excluding hydrogens is 352 g/mol. The van der Waals surface area contributed by atoms with Gasteiger partial charge in [0.25, 0.3) is 5.91 Å². The van der Waals surface area contributed by atoms with Gasteiger partial charge in [-0.2, -0.15) is 5.10 Å². The molecule has 0 bridgehead atoms. The molecule has 0 atom stereocenters. The molecular formula is C18H20N4O5. The van der Waals surface area contributed by atoms with E-state index in [9.17, 15) is 14.9 Å². The lowest BCUT2D eigenvalue weighted by Crippen LogP contribution is -2.19. The summed E-state index contributed by atoms with van der Waals surface area (Å²) in [5, 5.41) is 15.2. The molecule has 0 aromatic heterocycles. The Bertz CT molecular complexity index is 867. The summed E-state index contributed by atoms with van der Waals surface area (Å²) < 4.78 is 10.8. The molecule has 0 aliphatic carbocycles. The lowest BCUT2D eigenvalue weighted by Gasteiger charge is -2.11. The van der Waals surface area contributed by atoms with Gasteiger partial charge in [-0.1, -0.05) is 12.1 Å². The van der Waals surface area contributed by atoms with Crippen molar-refractivity contribution in [3.8, 4) is 11.5 Å². The van der Waals surface area contributed by atoms with Crippen LogP contribution in [0.5, 0.6) is 11.5 Å². The van der Waals surface area contributed by atoms with E-state index in [1.165, 1.54) is 12.3 Å². The van der Waals surface area contributed by atoms with E-state index in [1.54, 1.807) is 44.2 Å². The highest BCUT2D eigenvalue weighted by Crippen LogP contribution is 2.38. The van der Waals surface area contributed by atoms with Gasteiger partial charge < -0.3 is 15.2 Å². The SMILES string of the molecule is CCOc1cc(/C=N\NC(=O)c2ccccc2N)cc([N+](=O)[O-])c1OCC. The highest BCUT2D eigenvalue weighted by atomic mass is 16.6. The fourth-order valence-corrected chi connectivity index (χ4v) is 2.30. The quantitative estimate of drug-likeness (QED) is 0.317. The fourth-order valence-electron chi connectivity index (χ4n) is 2.30. The Kier molecular flexibility index (Phi) is 6.70. The molecule has 1 amide bonds. The second-order valence-electron chi connectivity index (χ2n) is 5.28. The molecule has 0 aliphatic rings. The topological polar surface area (TPSA) is 129 Å². The predicted octanol–water partition coefficient (Wildman–Crippen LogP) is 2.74. The lowest BCUT2D eigenvalue weighted by molar-refractivity contribution is -0.385. The normalized spacial score (nSPS) is 10.6. The van der Waals surface area contributed by atoms with E-state index in [1.807, 2.05) is 0 Å². The molecule has 27 heavy (non-hydrogen) atoms. The number of hydrazone groups is 1. The first-order valence-electron chi connectivity index (χ1n) is 8.23.